The zero-order valence-corrected chi connectivity index (χ0v) is 22.5. The van der Waals surface area contributed by atoms with E-state index in [1.165, 1.54) is 44.9 Å². The van der Waals surface area contributed by atoms with Crippen LogP contribution in [0.15, 0.2) is 0 Å². The van der Waals surface area contributed by atoms with Crippen LogP contribution in [0.25, 0.3) is 0 Å². The maximum atomic E-state index is 12.2. The highest BCUT2D eigenvalue weighted by Gasteiger charge is 2.62. The summed E-state index contributed by atoms with van der Waals surface area (Å²) < 4.78 is 5.39. The Labute approximate surface area is 208 Å². The van der Waals surface area contributed by atoms with Gasteiger partial charge in [0, 0.05) is 25.6 Å². The van der Waals surface area contributed by atoms with E-state index in [1.807, 2.05) is 13.8 Å². The molecule has 0 aromatic heterocycles. The van der Waals surface area contributed by atoms with Crippen LogP contribution in [-0.2, 0) is 9.53 Å². The predicted octanol–water partition coefficient (Wildman–Crippen LogP) is 4.90. The Bertz CT molecular complexity index is 713. The van der Waals surface area contributed by atoms with Crippen LogP contribution in [0.4, 0.5) is 0 Å². The fraction of sp³-hybridized carbons (Fsp3) is 0.966. The van der Waals surface area contributed by atoms with Crippen molar-refractivity contribution in [3.63, 3.8) is 0 Å². The fourth-order valence-corrected chi connectivity index (χ4v) is 9.54. The summed E-state index contributed by atoms with van der Waals surface area (Å²) in [7, 11) is 0. The minimum atomic E-state index is -0.156. The summed E-state index contributed by atoms with van der Waals surface area (Å²) in [5.41, 5.74) is 6.40. The van der Waals surface area contributed by atoms with Gasteiger partial charge in [-0.1, -0.05) is 20.8 Å². The van der Waals surface area contributed by atoms with Gasteiger partial charge in [0.25, 0.3) is 0 Å². The summed E-state index contributed by atoms with van der Waals surface area (Å²) >= 11 is 0. The summed E-state index contributed by atoms with van der Waals surface area (Å²) in [6, 6.07) is 0.568. The highest BCUT2D eigenvalue weighted by molar-refractivity contribution is 5.69. The molecule has 0 heterocycles. The topological polar surface area (TPSA) is 84.6 Å². The first-order chi connectivity index (χ1) is 16.1. The van der Waals surface area contributed by atoms with Gasteiger partial charge in [-0.3, -0.25) is 4.79 Å². The molecule has 4 aliphatic rings. The maximum Gasteiger partial charge on any atom is 0.306 e. The van der Waals surface area contributed by atoms with Crippen LogP contribution in [-0.4, -0.2) is 42.4 Å². The number of nitrogens with two attached hydrogens (primary N) is 1. The maximum absolute atomic E-state index is 12.2. The van der Waals surface area contributed by atoms with Crippen LogP contribution in [0.2, 0.25) is 0 Å². The number of rotatable bonds is 8. The summed E-state index contributed by atoms with van der Waals surface area (Å²) in [6.07, 6.45) is 11.0. The quantitative estimate of drug-likeness (QED) is 0.434. The molecule has 4 N–H and O–H groups in total. The molecule has 5 heteroatoms. The molecule has 0 bridgehead atoms. The van der Waals surface area contributed by atoms with Crippen molar-refractivity contribution in [1.29, 1.82) is 0 Å². The molecule has 10 unspecified atom stereocenters. The molecule has 4 fully saturated rings. The molecule has 0 aliphatic heterocycles. The van der Waals surface area contributed by atoms with Crippen LogP contribution >= 0.6 is 0 Å². The van der Waals surface area contributed by atoms with Crippen LogP contribution < -0.4 is 11.1 Å². The van der Waals surface area contributed by atoms with E-state index in [0.29, 0.717) is 65.3 Å². The van der Waals surface area contributed by atoms with Crippen molar-refractivity contribution < 1.29 is 14.6 Å². The number of hydrogen-bond acceptors (Lipinski definition) is 5. The Hall–Kier alpha value is -0.650. The van der Waals surface area contributed by atoms with Crippen molar-refractivity contribution in [2.45, 2.75) is 117 Å². The largest absolute Gasteiger partial charge is 0.463 e. The first kappa shape index (κ1) is 26.4. The lowest BCUT2D eigenvalue weighted by atomic mass is 9.43. The highest BCUT2D eigenvalue weighted by Crippen LogP contribution is 2.68. The van der Waals surface area contributed by atoms with Crippen molar-refractivity contribution in [3.05, 3.63) is 0 Å². The second kappa shape index (κ2) is 10.4. The second-order valence-corrected chi connectivity index (χ2v) is 13.3. The number of aliphatic hydroxyl groups excluding tert-OH is 1. The molecule has 0 saturated heterocycles. The molecule has 4 rings (SSSR count). The first-order valence-electron chi connectivity index (χ1n) is 14.4. The molecule has 34 heavy (non-hydrogen) atoms. The molecule has 4 aliphatic carbocycles. The third kappa shape index (κ3) is 4.83. The van der Waals surface area contributed by atoms with Gasteiger partial charge in [-0.2, -0.15) is 0 Å². The molecule has 0 aromatic rings. The number of carbonyl (C=O) groups excluding carboxylic acids is 1. The Morgan fingerprint density at radius 2 is 1.76 bits per heavy atom. The van der Waals surface area contributed by atoms with E-state index < -0.39 is 0 Å². The highest BCUT2D eigenvalue weighted by atomic mass is 16.5. The predicted molar refractivity (Wildman–Crippen MR) is 137 cm³/mol. The second-order valence-electron chi connectivity index (χ2n) is 13.3. The van der Waals surface area contributed by atoms with Gasteiger partial charge >= 0.3 is 5.97 Å². The van der Waals surface area contributed by atoms with Crippen molar-refractivity contribution in [2.24, 2.45) is 52.1 Å². The van der Waals surface area contributed by atoms with E-state index in [2.05, 4.69) is 26.1 Å². The van der Waals surface area contributed by atoms with Gasteiger partial charge in [-0.15, -0.1) is 0 Å². The van der Waals surface area contributed by atoms with E-state index in [9.17, 15) is 9.90 Å². The third-order valence-corrected chi connectivity index (χ3v) is 11.2. The van der Waals surface area contributed by atoms with Crippen molar-refractivity contribution in [2.75, 3.05) is 13.1 Å². The lowest BCUT2D eigenvalue weighted by molar-refractivity contribution is -0.167. The van der Waals surface area contributed by atoms with Crippen LogP contribution in [0.3, 0.4) is 0 Å². The van der Waals surface area contributed by atoms with Gasteiger partial charge < -0.3 is 20.9 Å². The molecule has 10 atom stereocenters. The van der Waals surface area contributed by atoms with Gasteiger partial charge in [0.15, 0.2) is 0 Å². The third-order valence-electron chi connectivity index (χ3n) is 11.2. The molecular formula is C29H52N2O3. The average molecular weight is 477 g/mol. The standard InChI is InChI=1S/C29H52N2O3/c1-18(2)34-26(33)9-6-19(3)22-7-8-23-27-24(11-13-29(22,23)5)28(4)12-10-21(31-15-14-30)16-20(28)17-25(27)32/h18-25,27,31-32H,6-17,30H2,1-5H3. The van der Waals surface area contributed by atoms with E-state index in [-0.39, 0.29) is 18.2 Å². The lowest BCUT2D eigenvalue weighted by Crippen LogP contribution is -2.59. The fourth-order valence-electron chi connectivity index (χ4n) is 9.54. The molecule has 0 aromatic carbocycles. The lowest BCUT2D eigenvalue weighted by Gasteiger charge is -2.62. The smallest absolute Gasteiger partial charge is 0.306 e. The number of carbonyl (C=O) groups is 1. The minimum absolute atomic E-state index is 0.0315. The van der Waals surface area contributed by atoms with Crippen LogP contribution in [0.5, 0.6) is 0 Å². The van der Waals surface area contributed by atoms with E-state index >= 15 is 0 Å². The van der Waals surface area contributed by atoms with Crippen LogP contribution in [0.1, 0.15) is 98.8 Å². The van der Waals surface area contributed by atoms with E-state index in [4.69, 9.17) is 10.5 Å². The van der Waals surface area contributed by atoms with Gasteiger partial charge in [-0.05, 0) is 118 Å². The monoisotopic (exact) mass is 476 g/mol. The molecule has 4 saturated carbocycles. The van der Waals surface area contributed by atoms with Gasteiger partial charge in [0.2, 0.25) is 0 Å². The van der Waals surface area contributed by atoms with Crippen LogP contribution in [0, 0.1) is 46.3 Å². The minimum Gasteiger partial charge on any atom is -0.463 e. The Balaban J connectivity index is 1.44. The SMILES string of the molecule is CC(C)OC(=O)CCC(C)C1CCC2C3C(O)CC4CC(NCCN)CCC4(C)C3CCC12C. The summed E-state index contributed by atoms with van der Waals surface area (Å²) in [5.74, 6) is 3.49. The van der Waals surface area contributed by atoms with Gasteiger partial charge in [-0.25, -0.2) is 0 Å². The Morgan fingerprint density at radius 1 is 1.06 bits per heavy atom. The summed E-state index contributed by atoms with van der Waals surface area (Å²) in [4.78, 5) is 12.2. The van der Waals surface area contributed by atoms with E-state index in [1.54, 1.807) is 0 Å². The Morgan fingerprint density at radius 3 is 2.47 bits per heavy atom. The van der Waals surface area contributed by atoms with E-state index in [0.717, 1.165) is 19.4 Å². The first-order valence-corrected chi connectivity index (χ1v) is 14.4. The number of hydrogen-bond donors (Lipinski definition) is 3. The molecule has 5 nitrogen and oxygen atoms in total. The number of aliphatic hydroxyl groups is 1. The number of ether oxygens (including phenoxy) is 1. The molecule has 0 amide bonds. The van der Waals surface area contributed by atoms with Crippen molar-refractivity contribution >= 4 is 5.97 Å². The zero-order valence-electron chi connectivity index (χ0n) is 22.5. The normalized spacial score (nSPS) is 44.8. The molecule has 196 valence electrons. The molecular weight excluding hydrogens is 424 g/mol. The summed E-state index contributed by atoms with van der Waals surface area (Å²) in [6.45, 7) is 12.9. The van der Waals surface area contributed by atoms with Crippen molar-refractivity contribution in [3.8, 4) is 0 Å². The Kier molecular flexibility index (Phi) is 8.06. The van der Waals surface area contributed by atoms with Gasteiger partial charge in [0.05, 0.1) is 12.2 Å². The van der Waals surface area contributed by atoms with Gasteiger partial charge in [0.1, 0.15) is 0 Å². The summed E-state index contributed by atoms with van der Waals surface area (Å²) in [5, 5.41) is 15.2. The zero-order chi connectivity index (χ0) is 24.7. The molecule has 0 spiro atoms. The number of nitrogens with one attached hydrogen (secondary N) is 1. The number of esters is 1. The average Bonchev–Trinajstić information content (AvgIpc) is 3.13. The van der Waals surface area contributed by atoms with Crippen molar-refractivity contribution in [1.82, 2.24) is 5.32 Å². The number of fused-ring (bicyclic) bond motifs is 5. The molecule has 0 radical (unpaired) electrons.